The van der Waals surface area contributed by atoms with Crippen LogP contribution in [0.15, 0.2) is 85.1 Å². The number of nitrogens with zero attached hydrogens (tertiary/aromatic N) is 4. The first-order chi connectivity index (χ1) is 12.9. The maximum absolute atomic E-state index is 4.78. The molecular formula is C22H14N4. The molecule has 1 aromatic carbocycles. The van der Waals surface area contributed by atoms with Crippen LogP contribution in [0.4, 0.5) is 0 Å². The highest BCUT2D eigenvalue weighted by atomic mass is 14.8. The molecule has 0 bridgehead atoms. The number of pyridine rings is 4. The maximum atomic E-state index is 4.78. The van der Waals surface area contributed by atoms with Gasteiger partial charge in [0, 0.05) is 11.6 Å². The zero-order chi connectivity index (χ0) is 17.3. The summed E-state index contributed by atoms with van der Waals surface area (Å²) in [7, 11) is 0. The Morgan fingerprint density at radius 3 is 2.12 bits per heavy atom. The first-order valence-electron chi connectivity index (χ1n) is 8.42. The van der Waals surface area contributed by atoms with Gasteiger partial charge in [-0.25, -0.2) is 15.0 Å². The van der Waals surface area contributed by atoms with E-state index >= 15 is 0 Å². The van der Waals surface area contributed by atoms with Gasteiger partial charge in [-0.2, -0.15) is 0 Å². The lowest BCUT2D eigenvalue weighted by molar-refractivity contribution is 1.23. The highest BCUT2D eigenvalue weighted by Crippen LogP contribution is 2.24. The Hall–Kier alpha value is -3.66. The van der Waals surface area contributed by atoms with Gasteiger partial charge >= 0.3 is 0 Å². The van der Waals surface area contributed by atoms with Crippen molar-refractivity contribution >= 4 is 21.9 Å². The lowest BCUT2D eigenvalue weighted by Crippen LogP contribution is -1.93. The average Bonchev–Trinajstić information content (AvgIpc) is 2.72. The van der Waals surface area contributed by atoms with Gasteiger partial charge in [0.05, 0.1) is 39.3 Å². The summed E-state index contributed by atoms with van der Waals surface area (Å²) in [6.07, 6.45) is 1.77. The SMILES string of the molecule is c1ccc(-c2cccc(-c3ccc4nc5ccccc5cc4n3)n2)nc1. The molecule has 0 aliphatic rings. The topological polar surface area (TPSA) is 51.6 Å². The second-order valence-corrected chi connectivity index (χ2v) is 6.04. The quantitative estimate of drug-likeness (QED) is 0.431. The Labute approximate surface area is 150 Å². The fourth-order valence-electron chi connectivity index (χ4n) is 3.03. The van der Waals surface area contributed by atoms with Crippen molar-refractivity contribution in [1.29, 1.82) is 0 Å². The van der Waals surface area contributed by atoms with Gasteiger partial charge in [0.2, 0.25) is 0 Å². The fourth-order valence-corrected chi connectivity index (χ4v) is 3.03. The molecule has 4 heteroatoms. The molecule has 5 aromatic rings. The van der Waals surface area contributed by atoms with Crippen molar-refractivity contribution in [2.45, 2.75) is 0 Å². The van der Waals surface area contributed by atoms with Gasteiger partial charge < -0.3 is 0 Å². The highest BCUT2D eigenvalue weighted by Gasteiger charge is 2.07. The van der Waals surface area contributed by atoms with Crippen LogP contribution in [0.2, 0.25) is 0 Å². The lowest BCUT2D eigenvalue weighted by Gasteiger charge is -2.06. The normalized spacial score (nSPS) is 11.1. The molecule has 0 saturated carbocycles. The molecule has 0 saturated heterocycles. The highest BCUT2D eigenvalue weighted by molar-refractivity contribution is 5.91. The van der Waals surface area contributed by atoms with E-state index in [1.54, 1.807) is 6.20 Å². The van der Waals surface area contributed by atoms with Crippen LogP contribution >= 0.6 is 0 Å². The van der Waals surface area contributed by atoms with Crippen molar-refractivity contribution in [1.82, 2.24) is 19.9 Å². The second-order valence-electron chi connectivity index (χ2n) is 6.04. The van der Waals surface area contributed by atoms with E-state index in [1.807, 2.05) is 66.7 Å². The van der Waals surface area contributed by atoms with E-state index in [9.17, 15) is 0 Å². The second kappa shape index (κ2) is 6.01. The number of hydrogen-bond donors (Lipinski definition) is 0. The maximum Gasteiger partial charge on any atom is 0.0901 e. The zero-order valence-electron chi connectivity index (χ0n) is 13.9. The Bertz CT molecular complexity index is 1230. The molecule has 0 spiro atoms. The van der Waals surface area contributed by atoms with E-state index in [0.29, 0.717) is 0 Å². The summed E-state index contributed by atoms with van der Waals surface area (Å²) in [6.45, 7) is 0. The van der Waals surface area contributed by atoms with Gasteiger partial charge in [0.25, 0.3) is 0 Å². The van der Waals surface area contributed by atoms with Crippen LogP contribution < -0.4 is 0 Å². The molecule has 122 valence electrons. The van der Waals surface area contributed by atoms with Crippen molar-refractivity contribution in [2.24, 2.45) is 0 Å². The Kier molecular flexibility index (Phi) is 3.39. The number of aromatic nitrogens is 4. The Morgan fingerprint density at radius 2 is 1.23 bits per heavy atom. The van der Waals surface area contributed by atoms with Gasteiger partial charge in [0.1, 0.15) is 0 Å². The van der Waals surface area contributed by atoms with Gasteiger partial charge in [-0.15, -0.1) is 0 Å². The van der Waals surface area contributed by atoms with E-state index in [1.165, 1.54) is 0 Å². The molecule has 26 heavy (non-hydrogen) atoms. The zero-order valence-corrected chi connectivity index (χ0v) is 13.9. The standard InChI is InChI=1S/C22H14N4/c1-2-7-16-15(6-1)14-22-21(24-16)12-11-20(26-22)19-10-5-9-18(25-19)17-8-3-4-13-23-17/h1-14H. The van der Waals surface area contributed by atoms with Gasteiger partial charge in [-0.05, 0) is 48.5 Å². The van der Waals surface area contributed by atoms with Crippen LogP contribution in [0.25, 0.3) is 44.7 Å². The molecule has 0 unspecified atom stereocenters. The molecule has 4 aromatic heterocycles. The molecule has 0 radical (unpaired) electrons. The van der Waals surface area contributed by atoms with Crippen molar-refractivity contribution in [3.63, 3.8) is 0 Å². The first kappa shape index (κ1) is 14.7. The number of fused-ring (bicyclic) bond motifs is 2. The Balaban J connectivity index is 1.64. The van der Waals surface area contributed by atoms with Crippen molar-refractivity contribution in [3.05, 3.63) is 85.1 Å². The largest absolute Gasteiger partial charge is 0.255 e. The van der Waals surface area contributed by atoms with Crippen molar-refractivity contribution < 1.29 is 0 Å². The minimum absolute atomic E-state index is 0.822. The first-order valence-corrected chi connectivity index (χ1v) is 8.42. The summed E-state index contributed by atoms with van der Waals surface area (Å²) in [6, 6.07) is 25.8. The molecule has 0 fully saturated rings. The minimum Gasteiger partial charge on any atom is -0.255 e. The number of rotatable bonds is 2. The van der Waals surface area contributed by atoms with E-state index in [2.05, 4.69) is 22.1 Å². The van der Waals surface area contributed by atoms with E-state index in [0.717, 1.165) is 44.7 Å². The molecule has 0 aliphatic heterocycles. The van der Waals surface area contributed by atoms with Crippen LogP contribution in [-0.2, 0) is 0 Å². The molecule has 0 N–H and O–H groups in total. The van der Waals surface area contributed by atoms with Crippen LogP contribution in [0.3, 0.4) is 0 Å². The van der Waals surface area contributed by atoms with E-state index in [-0.39, 0.29) is 0 Å². The third-order valence-electron chi connectivity index (χ3n) is 4.31. The molecular weight excluding hydrogens is 320 g/mol. The van der Waals surface area contributed by atoms with Gasteiger partial charge in [-0.3, -0.25) is 4.98 Å². The molecule has 5 rings (SSSR count). The summed E-state index contributed by atoms with van der Waals surface area (Å²) in [5.74, 6) is 0. The minimum atomic E-state index is 0.822. The average molecular weight is 334 g/mol. The number of para-hydroxylation sites is 1. The predicted octanol–water partition coefficient (Wildman–Crippen LogP) is 4.91. The third-order valence-corrected chi connectivity index (χ3v) is 4.31. The van der Waals surface area contributed by atoms with Crippen molar-refractivity contribution in [3.8, 4) is 22.8 Å². The monoisotopic (exact) mass is 334 g/mol. The molecule has 4 nitrogen and oxygen atoms in total. The lowest BCUT2D eigenvalue weighted by atomic mass is 10.1. The molecule has 0 atom stereocenters. The summed E-state index contributed by atoms with van der Waals surface area (Å²) in [4.78, 5) is 18.6. The van der Waals surface area contributed by atoms with Crippen LogP contribution in [-0.4, -0.2) is 19.9 Å². The van der Waals surface area contributed by atoms with E-state index in [4.69, 9.17) is 9.97 Å². The predicted molar refractivity (Wildman–Crippen MR) is 104 cm³/mol. The number of benzene rings is 1. The van der Waals surface area contributed by atoms with Crippen LogP contribution in [0.1, 0.15) is 0 Å². The summed E-state index contributed by atoms with van der Waals surface area (Å²) >= 11 is 0. The molecule has 0 amide bonds. The summed E-state index contributed by atoms with van der Waals surface area (Å²) in [5.41, 5.74) is 6.06. The smallest absolute Gasteiger partial charge is 0.0901 e. The summed E-state index contributed by atoms with van der Waals surface area (Å²) in [5, 5.41) is 1.08. The van der Waals surface area contributed by atoms with Gasteiger partial charge in [0.15, 0.2) is 0 Å². The Morgan fingerprint density at radius 1 is 0.462 bits per heavy atom. The third kappa shape index (κ3) is 2.58. The molecule has 4 heterocycles. The molecule has 0 aliphatic carbocycles. The number of hydrogen-bond acceptors (Lipinski definition) is 4. The van der Waals surface area contributed by atoms with Gasteiger partial charge in [-0.1, -0.05) is 30.3 Å². The van der Waals surface area contributed by atoms with Crippen LogP contribution in [0, 0.1) is 0 Å². The van der Waals surface area contributed by atoms with Crippen LogP contribution in [0.5, 0.6) is 0 Å². The van der Waals surface area contributed by atoms with E-state index < -0.39 is 0 Å². The fraction of sp³-hybridized carbons (Fsp3) is 0. The summed E-state index contributed by atoms with van der Waals surface area (Å²) < 4.78 is 0. The van der Waals surface area contributed by atoms with Crippen molar-refractivity contribution in [2.75, 3.05) is 0 Å².